The molecule has 0 amide bonds. The Morgan fingerprint density at radius 3 is 2.50 bits per heavy atom. The molecular weight excluding hydrogens is 200 g/mol. The number of aliphatic hydroxyl groups is 1. The van der Waals surface area contributed by atoms with Gasteiger partial charge in [0.1, 0.15) is 0 Å². The SMILES string of the molecule is C[C@H](Br)[C@@H](O)/C=C/C(=O)O. The lowest BCUT2D eigenvalue weighted by molar-refractivity contribution is -0.131. The second kappa shape index (κ2) is 4.46. The average Bonchev–Trinajstić information content (AvgIpc) is 1.82. The fourth-order valence-corrected chi connectivity index (χ4v) is 0.510. The van der Waals surface area contributed by atoms with Crippen molar-refractivity contribution in [1.82, 2.24) is 0 Å². The van der Waals surface area contributed by atoms with Crippen LogP contribution in [0.15, 0.2) is 12.2 Å². The molecule has 0 unspecified atom stereocenters. The molecule has 2 N–H and O–H groups in total. The van der Waals surface area contributed by atoms with Crippen molar-refractivity contribution in [2.24, 2.45) is 0 Å². The molecule has 0 aliphatic heterocycles. The predicted octanol–water partition coefficient (Wildman–Crippen LogP) is 0.771. The topological polar surface area (TPSA) is 57.5 Å². The number of hydrogen-bond donors (Lipinski definition) is 2. The molecule has 2 atom stereocenters. The zero-order valence-corrected chi connectivity index (χ0v) is 7.08. The fourth-order valence-electron chi connectivity index (χ4n) is 0.334. The van der Waals surface area contributed by atoms with Gasteiger partial charge in [-0.2, -0.15) is 0 Å². The van der Waals surface area contributed by atoms with E-state index in [1.54, 1.807) is 6.92 Å². The van der Waals surface area contributed by atoms with Crippen molar-refractivity contribution >= 4 is 21.9 Å². The summed E-state index contributed by atoms with van der Waals surface area (Å²) in [6.45, 7) is 1.73. The Morgan fingerprint density at radius 2 is 2.20 bits per heavy atom. The zero-order chi connectivity index (χ0) is 8.15. The minimum Gasteiger partial charge on any atom is -0.478 e. The van der Waals surface area contributed by atoms with Crippen molar-refractivity contribution in [3.63, 3.8) is 0 Å². The van der Waals surface area contributed by atoms with Crippen LogP contribution in [0, 0.1) is 0 Å². The molecule has 0 saturated heterocycles. The van der Waals surface area contributed by atoms with E-state index >= 15 is 0 Å². The molecule has 0 heterocycles. The van der Waals surface area contributed by atoms with Crippen molar-refractivity contribution in [3.8, 4) is 0 Å². The third-order valence-electron chi connectivity index (χ3n) is 0.907. The van der Waals surface area contributed by atoms with Crippen LogP contribution < -0.4 is 0 Å². The van der Waals surface area contributed by atoms with Gasteiger partial charge in [0.05, 0.1) is 6.10 Å². The van der Waals surface area contributed by atoms with Crippen LogP contribution in [-0.2, 0) is 4.79 Å². The number of alkyl halides is 1. The Balaban J connectivity index is 3.77. The highest BCUT2D eigenvalue weighted by atomic mass is 79.9. The first kappa shape index (κ1) is 9.65. The fraction of sp³-hybridized carbons (Fsp3) is 0.500. The van der Waals surface area contributed by atoms with Crippen molar-refractivity contribution < 1.29 is 15.0 Å². The number of carbonyl (C=O) groups is 1. The van der Waals surface area contributed by atoms with Crippen LogP contribution in [0.25, 0.3) is 0 Å². The number of carboxylic acids is 1. The molecule has 0 spiro atoms. The summed E-state index contributed by atoms with van der Waals surface area (Å²) in [5.41, 5.74) is 0. The Hall–Kier alpha value is -0.350. The highest BCUT2D eigenvalue weighted by Gasteiger charge is 2.05. The van der Waals surface area contributed by atoms with Gasteiger partial charge in [-0.3, -0.25) is 0 Å². The first-order chi connectivity index (χ1) is 4.54. The maximum atomic E-state index is 9.91. The summed E-state index contributed by atoms with van der Waals surface area (Å²) < 4.78 is 0. The van der Waals surface area contributed by atoms with Gasteiger partial charge in [-0.05, 0) is 13.0 Å². The number of halogens is 1. The lowest BCUT2D eigenvalue weighted by atomic mass is 10.2. The molecule has 0 rings (SSSR count). The Morgan fingerprint density at radius 1 is 1.70 bits per heavy atom. The van der Waals surface area contributed by atoms with Gasteiger partial charge < -0.3 is 10.2 Å². The molecule has 3 nitrogen and oxygen atoms in total. The molecule has 0 aromatic rings. The van der Waals surface area contributed by atoms with Crippen LogP contribution in [0.3, 0.4) is 0 Å². The quantitative estimate of drug-likeness (QED) is 0.533. The number of carboxylic acid groups (broad SMARTS) is 1. The summed E-state index contributed by atoms with van der Waals surface area (Å²) >= 11 is 3.10. The number of hydrogen-bond acceptors (Lipinski definition) is 2. The van der Waals surface area contributed by atoms with E-state index in [9.17, 15) is 4.79 Å². The molecule has 0 bridgehead atoms. The Labute approximate surface area is 67.5 Å². The highest BCUT2D eigenvalue weighted by molar-refractivity contribution is 9.09. The van der Waals surface area contributed by atoms with Gasteiger partial charge in [-0.15, -0.1) is 0 Å². The Kier molecular flexibility index (Phi) is 4.31. The zero-order valence-electron chi connectivity index (χ0n) is 5.49. The predicted molar refractivity (Wildman–Crippen MR) is 41.2 cm³/mol. The third-order valence-corrected chi connectivity index (χ3v) is 1.45. The van der Waals surface area contributed by atoms with E-state index in [0.717, 1.165) is 6.08 Å². The molecule has 0 aromatic heterocycles. The Bertz CT molecular complexity index is 142. The van der Waals surface area contributed by atoms with Crippen molar-refractivity contribution in [2.75, 3.05) is 0 Å². The molecule has 0 aliphatic carbocycles. The van der Waals surface area contributed by atoms with E-state index in [4.69, 9.17) is 10.2 Å². The van der Waals surface area contributed by atoms with E-state index in [2.05, 4.69) is 15.9 Å². The molecule has 0 fully saturated rings. The molecule has 0 radical (unpaired) electrons. The molecule has 0 aromatic carbocycles. The molecular formula is C6H9BrO3. The van der Waals surface area contributed by atoms with E-state index < -0.39 is 12.1 Å². The summed E-state index contributed by atoms with van der Waals surface area (Å²) in [6, 6.07) is 0. The molecule has 10 heavy (non-hydrogen) atoms. The minimum absolute atomic E-state index is 0.122. The smallest absolute Gasteiger partial charge is 0.328 e. The third kappa shape index (κ3) is 4.52. The standard InChI is InChI=1S/C6H9BrO3/c1-4(7)5(8)2-3-6(9)10/h2-5,8H,1H3,(H,9,10)/b3-2+/t4-,5-/m0/s1. The van der Waals surface area contributed by atoms with Gasteiger partial charge >= 0.3 is 5.97 Å². The molecule has 4 heteroatoms. The average molecular weight is 209 g/mol. The number of aliphatic carboxylic acids is 1. The van der Waals surface area contributed by atoms with Crippen molar-refractivity contribution in [2.45, 2.75) is 17.9 Å². The van der Waals surface area contributed by atoms with Crippen LogP contribution >= 0.6 is 15.9 Å². The van der Waals surface area contributed by atoms with Gasteiger partial charge in [0.25, 0.3) is 0 Å². The lowest BCUT2D eigenvalue weighted by Gasteiger charge is -2.05. The molecule has 0 saturated carbocycles. The number of rotatable bonds is 3. The van der Waals surface area contributed by atoms with Gasteiger partial charge in [0.2, 0.25) is 0 Å². The summed E-state index contributed by atoms with van der Waals surface area (Å²) in [5, 5.41) is 17.1. The second-order valence-corrected chi connectivity index (χ2v) is 3.31. The lowest BCUT2D eigenvalue weighted by Crippen LogP contribution is -2.13. The largest absolute Gasteiger partial charge is 0.478 e. The van der Waals surface area contributed by atoms with Gasteiger partial charge in [0, 0.05) is 10.9 Å². The van der Waals surface area contributed by atoms with Gasteiger partial charge in [-0.1, -0.05) is 15.9 Å². The molecule has 0 aliphatic rings. The van der Waals surface area contributed by atoms with Crippen LogP contribution in [0.2, 0.25) is 0 Å². The summed E-state index contributed by atoms with van der Waals surface area (Å²) in [5.74, 6) is -1.05. The normalized spacial score (nSPS) is 17.1. The van der Waals surface area contributed by atoms with E-state index in [0.29, 0.717) is 0 Å². The summed E-state index contributed by atoms with van der Waals surface area (Å²) in [6.07, 6.45) is 1.40. The van der Waals surface area contributed by atoms with Crippen LogP contribution in [-0.4, -0.2) is 27.1 Å². The summed E-state index contributed by atoms with van der Waals surface area (Å²) in [4.78, 5) is 9.79. The van der Waals surface area contributed by atoms with Crippen molar-refractivity contribution in [1.29, 1.82) is 0 Å². The first-order valence-corrected chi connectivity index (χ1v) is 3.69. The second-order valence-electron chi connectivity index (χ2n) is 1.87. The van der Waals surface area contributed by atoms with E-state index in [1.807, 2.05) is 0 Å². The van der Waals surface area contributed by atoms with Crippen molar-refractivity contribution in [3.05, 3.63) is 12.2 Å². The van der Waals surface area contributed by atoms with Gasteiger partial charge in [0.15, 0.2) is 0 Å². The van der Waals surface area contributed by atoms with Crippen LogP contribution in [0.1, 0.15) is 6.92 Å². The first-order valence-electron chi connectivity index (χ1n) is 2.77. The van der Waals surface area contributed by atoms with Gasteiger partial charge in [-0.25, -0.2) is 4.79 Å². The van der Waals surface area contributed by atoms with Crippen LogP contribution in [0.4, 0.5) is 0 Å². The minimum atomic E-state index is -1.05. The maximum Gasteiger partial charge on any atom is 0.328 e. The number of aliphatic hydroxyl groups excluding tert-OH is 1. The molecule has 58 valence electrons. The van der Waals surface area contributed by atoms with E-state index in [-0.39, 0.29) is 4.83 Å². The summed E-state index contributed by atoms with van der Waals surface area (Å²) in [7, 11) is 0. The maximum absolute atomic E-state index is 9.91. The highest BCUT2D eigenvalue weighted by Crippen LogP contribution is 2.04. The van der Waals surface area contributed by atoms with E-state index in [1.165, 1.54) is 6.08 Å². The monoisotopic (exact) mass is 208 g/mol. The van der Waals surface area contributed by atoms with Crippen LogP contribution in [0.5, 0.6) is 0 Å².